The highest BCUT2D eigenvalue weighted by molar-refractivity contribution is 7.98. The smallest absolute Gasteiger partial charge is 0.122 e. The Kier molecular flexibility index (Phi) is 5.19. The molecule has 0 spiro atoms. The zero-order valence-electron chi connectivity index (χ0n) is 10.7. The summed E-state index contributed by atoms with van der Waals surface area (Å²) in [5.74, 6) is 1.41. The van der Waals surface area contributed by atoms with Crippen LogP contribution in [-0.4, -0.2) is 7.11 Å². The highest BCUT2D eigenvalue weighted by Gasteiger charge is 2.08. The number of hydrogen-bond donors (Lipinski definition) is 0. The van der Waals surface area contributed by atoms with Gasteiger partial charge in [-0.1, -0.05) is 23.2 Å². The van der Waals surface area contributed by atoms with Gasteiger partial charge in [-0.05, 0) is 36.4 Å². The van der Waals surface area contributed by atoms with Crippen molar-refractivity contribution in [1.82, 2.24) is 0 Å². The minimum absolute atomic E-state index is 0.610. The van der Waals surface area contributed by atoms with Crippen molar-refractivity contribution in [2.75, 3.05) is 7.11 Å². The average Bonchev–Trinajstić information content (AvgIpc) is 2.47. The Morgan fingerprint density at radius 1 is 1.20 bits per heavy atom. The molecule has 0 aliphatic heterocycles. The topological polar surface area (TPSA) is 33.0 Å². The van der Waals surface area contributed by atoms with E-state index in [0.29, 0.717) is 21.4 Å². The Balaban J connectivity index is 2.22. The van der Waals surface area contributed by atoms with Gasteiger partial charge in [-0.25, -0.2) is 0 Å². The molecule has 0 unspecified atom stereocenters. The molecule has 0 aromatic heterocycles. The number of benzene rings is 2. The van der Waals surface area contributed by atoms with Gasteiger partial charge >= 0.3 is 0 Å². The maximum absolute atomic E-state index is 8.96. The summed E-state index contributed by atoms with van der Waals surface area (Å²) in [5, 5.41) is 10.3. The molecule has 0 fully saturated rings. The number of thioether (sulfide) groups is 1. The lowest BCUT2D eigenvalue weighted by Gasteiger charge is -2.09. The van der Waals surface area contributed by atoms with Gasteiger partial charge < -0.3 is 4.74 Å². The number of hydrogen-bond acceptors (Lipinski definition) is 3. The number of nitriles is 1. The fourth-order valence-electron chi connectivity index (χ4n) is 1.70. The lowest BCUT2D eigenvalue weighted by Crippen LogP contribution is -1.91. The first-order chi connectivity index (χ1) is 9.63. The maximum atomic E-state index is 8.96. The van der Waals surface area contributed by atoms with Gasteiger partial charge in [0.15, 0.2) is 0 Å². The van der Waals surface area contributed by atoms with Gasteiger partial charge in [0.25, 0.3) is 0 Å². The predicted molar refractivity (Wildman–Crippen MR) is 83.7 cm³/mol. The summed E-state index contributed by atoms with van der Waals surface area (Å²) in [6.07, 6.45) is 0. The molecule has 2 rings (SSSR count). The number of halogens is 2. The molecule has 0 saturated heterocycles. The zero-order valence-corrected chi connectivity index (χ0v) is 13.0. The standard InChI is InChI=1S/C15H11Cl2NOS/c1-19-14-5-2-10(8-18)6-11(14)9-20-15-7-12(16)3-4-13(15)17/h2-7H,9H2,1H3. The van der Waals surface area contributed by atoms with Gasteiger partial charge in [-0.15, -0.1) is 11.8 Å². The van der Waals surface area contributed by atoms with Crippen molar-refractivity contribution in [1.29, 1.82) is 5.26 Å². The van der Waals surface area contributed by atoms with E-state index in [0.717, 1.165) is 16.2 Å². The minimum Gasteiger partial charge on any atom is -0.496 e. The van der Waals surface area contributed by atoms with E-state index in [1.54, 1.807) is 43.1 Å². The summed E-state index contributed by atoms with van der Waals surface area (Å²) in [7, 11) is 1.61. The maximum Gasteiger partial charge on any atom is 0.122 e. The normalized spacial score (nSPS) is 10.1. The van der Waals surface area contributed by atoms with Crippen LogP contribution >= 0.6 is 35.0 Å². The largest absolute Gasteiger partial charge is 0.496 e. The Bertz CT molecular complexity index is 667. The van der Waals surface area contributed by atoms with E-state index in [1.807, 2.05) is 12.1 Å². The molecule has 0 atom stereocenters. The highest BCUT2D eigenvalue weighted by Crippen LogP contribution is 2.34. The lowest BCUT2D eigenvalue weighted by atomic mass is 10.1. The van der Waals surface area contributed by atoms with Crippen LogP contribution in [0.4, 0.5) is 0 Å². The molecule has 0 aliphatic rings. The number of nitrogens with zero attached hydrogens (tertiary/aromatic N) is 1. The van der Waals surface area contributed by atoms with Crippen LogP contribution in [0.3, 0.4) is 0 Å². The van der Waals surface area contributed by atoms with E-state index >= 15 is 0 Å². The molecule has 2 aromatic carbocycles. The molecular formula is C15H11Cl2NOS. The van der Waals surface area contributed by atoms with Gasteiger partial charge in [0.1, 0.15) is 5.75 Å². The second-order valence-corrected chi connectivity index (χ2v) is 5.86. The molecule has 0 radical (unpaired) electrons. The van der Waals surface area contributed by atoms with E-state index in [2.05, 4.69) is 6.07 Å². The van der Waals surface area contributed by atoms with Crippen molar-refractivity contribution in [3.05, 3.63) is 57.6 Å². The first kappa shape index (κ1) is 15.1. The zero-order chi connectivity index (χ0) is 14.5. The Morgan fingerprint density at radius 3 is 2.70 bits per heavy atom. The monoisotopic (exact) mass is 323 g/mol. The molecule has 2 aromatic rings. The molecule has 102 valence electrons. The average molecular weight is 324 g/mol. The molecule has 0 heterocycles. The van der Waals surface area contributed by atoms with Crippen LogP contribution in [0, 0.1) is 11.3 Å². The van der Waals surface area contributed by atoms with Crippen LogP contribution in [-0.2, 0) is 5.75 Å². The van der Waals surface area contributed by atoms with Crippen molar-refractivity contribution in [3.8, 4) is 11.8 Å². The summed E-state index contributed by atoms with van der Waals surface area (Å²) in [5.41, 5.74) is 1.56. The first-order valence-electron chi connectivity index (χ1n) is 5.79. The van der Waals surface area contributed by atoms with Crippen molar-refractivity contribution in [2.24, 2.45) is 0 Å². The SMILES string of the molecule is COc1ccc(C#N)cc1CSc1cc(Cl)ccc1Cl. The molecule has 20 heavy (non-hydrogen) atoms. The summed E-state index contributed by atoms with van der Waals surface area (Å²) in [6, 6.07) is 12.8. The number of rotatable bonds is 4. The highest BCUT2D eigenvalue weighted by atomic mass is 35.5. The summed E-state index contributed by atoms with van der Waals surface area (Å²) in [4.78, 5) is 0.906. The third-order valence-corrected chi connectivity index (χ3v) is 4.47. The molecule has 5 heteroatoms. The van der Waals surface area contributed by atoms with Crippen LogP contribution < -0.4 is 4.74 Å². The molecule has 2 nitrogen and oxygen atoms in total. The van der Waals surface area contributed by atoms with Crippen molar-refractivity contribution in [2.45, 2.75) is 10.6 Å². The number of methoxy groups -OCH3 is 1. The minimum atomic E-state index is 0.610. The van der Waals surface area contributed by atoms with Crippen molar-refractivity contribution in [3.63, 3.8) is 0 Å². The quantitative estimate of drug-likeness (QED) is 0.728. The van der Waals surface area contributed by atoms with Gasteiger partial charge in [-0.2, -0.15) is 5.26 Å². The van der Waals surface area contributed by atoms with Crippen molar-refractivity contribution < 1.29 is 4.74 Å². The molecule has 0 N–H and O–H groups in total. The third-order valence-electron chi connectivity index (χ3n) is 2.69. The number of ether oxygens (including phenoxy) is 1. The fourth-order valence-corrected chi connectivity index (χ4v) is 3.18. The molecule has 0 aliphatic carbocycles. The fraction of sp³-hybridized carbons (Fsp3) is 0.133. The van der Waals surface area contributed by atoms with Crippen LogP contribution in [0.5, 0.6) is 5.75 Å². The third kappa shape index (κ3) is 3.61. The Hall–Kier alpha value is -1.34. The van der Waals surface area contributed by atoms with E-state index in [4.69, 9.17) is 33.2 Å². The first-order valence-corrected chi connectivity index (χ1v) is 7.53. The van der Waals surface area contributed by atoms with Gasteiger partial charge in [0, 0.05) is 21.2 Å². The van der Waals surface area contributed by atoms with Crippen LogP contribution in [0.15, 0.2) is 41.3 Å². The van der Waals surface area contributed by atoms with Gasteiger partial charge in [-0.3, -0.25) is 0 Å². The lowest BCUT2D eigenvalue weighted by molar-refractivity contribution is 0.411. The van der Waals surface area contributed by atoms with E-state index in [1.165, 1.54) is 0 Å². The van der Waals surface area contributed by atoms with Crippen LogP contribution in [0.25, 0.3) is 0 Å². The van der Waals surface area contributed by atoms with Crippen LogP contribution in [0.2, 0.25) is 10.0 Å². The molecule has 0 saturated carbocycles. The summed E-state index contributed by atoms with van der Waals surface area (Å²) < 4.78 is 5.31. The van der Waals surface area contributed by atoms with E-state index < -0.39 is 0 Å². The predicted octanol–water partition coefficient (Wildman–Crippen LogP) is 5.17. The van der Waals surface area contributed by atoms with Crippen molar-refractivity contribution >= 4 is 35.0 Å². The van der Waals surface area contributed by atoms with E-state index in [-0.39, 0.29) is 0 Å². The summed E-state index contributed by atoms with van der Waals surface area (Å²) >= 11 is 13.7. The van der Waals surface area contributed by atoms with Gasteiger partial charge in [0.05, 0.1) is 23.8 Å². The van der Waals surface area contributed by atoms with E-state index in [9.17, 15) is 0 Å². The second-order valence-electron chi connectivity index (χ2n) is 4.00. The Morgan fingerprint density at radius 2 is 2.00 bits per heavy atom. The Labute approximate surface area is 132 Å². The second kappa shape index (κ2) is 6.90. The van der Waals surface area contributed by atoms with Crippen LogP contribution in [0.1, 0.15) is 11.1 Å². The molecular weight excluding hydrogens is 313 g/mol. The molecule has 0 amide bonds. The molecule has 0 bridgehead atoms. The van der Waals surface area contributed by atoms with Gasteiger partial charge in [0.2, 0.25) is 0 Å². The summed E-state index contributed by atoms with van der Waals surface area (Å²) in [6.45, 7) is 0.